The van der Waals surface area contributed by atoms with Gasteiger partial charge in [0, 0.05) is 20.7 Å². The van der Waals surface area contributed by atoms with Gasteiger partial charge in [-0.2, -0.15) is 0 Å². The Morgan fingerprint density at radius 3 is 2.64 bits per heavy atom. The maximum Gasteiger partial charge on any atom is 0.0932 e. The molecule has 0 aliphatic heterocycles. The van der Waals surface area contributed by atoms with Crippen LogP contribution in [0.1, 0.15) is 13.8 Å². The second-order valence-electron chi connectivity index (χ2n) is 2.37. The van der Waals surface area contributed by atoms with Crippen LogP contribution in [-0.4, -0.2) is 39.1 Å². The number of nitrogens with one attached hydrogen (secondary N) is 1. The Morgan fingerprint density at radius 2 is 2.27 bits per heavy atom. The summed E-state index contributed by atoms with van der Waals surface area (Å²) >= 11 is 0. The molecule has 0 radical (unpaired) electrons. The number of rotatable bonds is 5. The number of hydrogen-bond donors (Lipinski definition) is 1. The van der Waals surface area contributed by atoms with Crippen molar-refractivity contribution < 1.29 is 4.74 Å². The molecule has 0 aliphatic rings. The molecule has 1 N–H and O–H groups in total. The van der Waals surface area contributed by atoms with Crippen LogP contribution in [0.15, 0.2) is 4.99 Å². The lowest BCUT2D eigenvalue weighted by molar-refractivity contribution is 0.169. The lowest BCUT2D eigenvalue weighted by Crippen LogP contribution is -2.31. The molecule has 0 heterocycles. The molecule has 1 unspecified atom stereocenters. The molecule has 1 atom stereocenters. The molecule has 11 heavy (non-hydrogen) atoms. The van der Waals surface area contributed by atoms with Crippen LogP contribution in [0.2, 0.25) is 0 Å². The molecule has 3 heteroatoms. The number of nitrogens with zero attached hydrogens (tertiary/aromatic N) is 1. The van der Waals surface area contributed by atoms with Gasteiger partial charge in [0.1, 0.15) is 0 Å². The standard InChI is InChI=1S/C8H18N2O/c1-5-10-6-8(9-3)7(2)11-4/h7,10H,5-6H2,1-4H3. The molecule has 0 aromatic heterocycles. The minimum absolute atomic E-state index is 0.124. The van der Waals surface area contributed by atoms with Crippen LogP contribution in [0, 0.1) is 0 Å². The van der Waals surface area contributed by atoms with E-state index < -0.39 is 0 Å². The number of ether oxygens (including phenoxy) is 1. The maximum absolute atomic E-state index is 5.13. The summed E-state index contributed by atoms with van der Waals surface area (Å²) in [5.41, 5.74) is 1.06. The first-order chi connectivity index (χ1) is 5.26. The average molecular weight is 158 g/mol. The molecule has 0 rings (SSSR count). The van der Waals surface area contributed by atoms with Gasteiger partial charge in [-0.3, -0.25) is 4.99 Å². The summed E-state index contributed by atoms with van der Waals surface area (Å²) in [7, 11) is 3.49. The number of aliphatic imine (C=N–C) groups is 1. The molecular formula is C8H18N2O. The van der Waals surface area contributed by atoms with E-state index in [1.165, 1.54) is 0 Å². The van der Waals surface area contributed by atoms with E-state index in [1.807, 2.05) is 6.92 Å². The molecule has 0 saturated carbocycles. The van der Waals surface area contributed by atoms with E-state index in [4.69, 9.17) is 4.74 Å². The Bertz CT molecular complexity index is 123. The molecule has 0 aromatic rings. The molecule has 0 saturated heterocycles. The highest BCUT2D eigenvalue weighted by molar-refractivity contribution is 5.90. The van der Waals surface area contributed by atoms with Gasteiger partial charge in [-0.1, -0.05) is 6.92 Å². The predicted octanol–water partition coefficient (Wildman–Crippen LogP) is 0.702. The summed E-state index contributed by atoms with van der Waals surface area (Å²) in [6.45, 7) is 5.86. The van der Waals surface area contributed by atoms with Crippen LogP contribution >= 0.6 is 0 Å². The molecule has 0 aliphatic carbocycles. The summed E-state index contributed by atoms with van der Waals surface area (Å²) < 4.78 is 5.13. The minimum Gasteiger partial charge on any atom is -0.376 e. The second kappa shape index (κ2) is 6.31. The Morgan fingerprint density at radius 1 is 1.64 bits per heavy atom. The van der Waals surface area contributed by atoms with Crippen molar-refractivity contribution in [2.45, 2.75) is 20.0 Å². The van der Waals surface area contributed by atoms with Crippen LogP contribution in [0.25, 0.3) is 0 Å². The van der Waals surface area contributed by atoms with Gasteiger partial charge in [-0.05, 0) is 13.5 Å². The topological polar surface area (TPSA) is 33.6 Å². The van der Waals surface area contributed by atoms with Gasteiger partial charge in [-0.25, -0.2) is 0 Å². The fourth-order valence-corrected chi connectivity index (χ4v) is 0.794. The van der Waals surface area contributed by atoms with Crippen LogP contribution in [-0.2, 0) is 4.74 Å². The Kier molecular flexibility index (Phi) is 6.07. The van der Waals surface area contributed by atoms with Gasteiger partial charge in [0.25, 0.3) is 0 Å². The van der Waals surface area contributed by atoms with Crippen molar-refractivity contribution in [1.82, 2.24) is 5.32 Å². The zero-order valence-corrected chi connectivity index (χ0v) is 7.85. The van der Waals surface area contributed by atoms with Gasteiger partial charge in [-0.15, -0.1) is 0 Å². The van der Waals surface area contributed by atoms with Crippen LogP contribution in [0.3, 0.4) is 0 Å². The van der Waals surface area contributed by atoms with E-state index in [-0.39, 0.29) is 6.10 Å². The van der Waals surface area contributed by atoms with Gasteiger partial charge < -0.3 is 10.1 Å². The molecule has 0 spiro atoms. The van der Waals surface area contributed by atoms with Crippen molar-refractivity contribution in [3.8, 4) is 0 Å². The summed E-state index contributed by atoms with van der Waals surface area (Å²) in [4.78, 5) is 4.13. The lowest BCUT2D eigenvalue weighted by Gasteiger charge is -2.12. The highest BCUT2D eigenvalue weighted by Crippen LogP contribution is 1.91. The summed E-state index contributed by atoms with van der Waals surface area (Å²) in [6, 6.07) is 0. The molecule has 0 amide bonds. The quantitative estimate of drug-likeness (QED) is 0.598. The second-order valence-corrected chi connectivity index (χ2v) is 2.37. The molecule has 0 bridgehead atoms. The first-order valence-corrected chi connectivity index (χ1v) is 3.95. The van der Waals surface area contributed by atoms with Gasteiger partial charge >= 0.3 is 0 Å². The summed E-state index contributed by atoms with van der Waals surface area (Å²) in [5.74, 6) is 0. The Hall–Kier alpha value is -0.410. The number of hydrogen-bond acceptors (Lipinski definition) is 3. The minimum atomic E-state index is 0.124. The Balaban J connectivity index is 3.77. The fourth-order valence-electron chi connectivity index (χ4n) is 0.794. The summed E-state index contributed by atoms with van der Waals surface area (Å²) in [6.07, 6.45) is 0.124. The van der Waals surface area contributed by atoms with E-state index in [9.17, 15) is 0 Å². The monoisotopic (exact) mass is 158 g/mol. The third-order valence-electron chi connectivity index (χ3n) is 1.67. The van der Waals surface area contributed by atoms with Crippen molar-refractivity contribution in [3.05, 3.63) is 0 Å². The van der Waals surface area contributed by atoms with E-state index >= 15 is 0 Å². The largest absolute Gasteiger partial charge is 0.376 e. The molecule has 3 nitrogen and oxygen atoms in total. The van der Waals surface area contributed by atoms with Crippen molar-refractivity contribution in [2.24, 2.45) is 4.99 Å². The van der Waals surface area contributed by atoms with E-state index in [2.05, 4.69) is 17.2 Å². The zero-order chi connectivity index (χ0) is 8.69. The highest BCUT2D eigenvalue weighted by atomic mass is 16.5. The van der Waals surface area contributed by atoms with E-state index in [1.54, 1.807) is 14.2 Å². The first kappa shape index (κ1) is 10.6. The van der Waals surface area contributed by atoms with Crippen LogP contribution in [0.4, 0.5) is 0 Å². The van der Waals surface area contributed by atoms with E-state index in [0.29, 0.717) is 0 Å². The third kappa shape index (κ3) is 4.11. The van der Waals surface area contributed by atoms with E-state index in [0.717, 1.165) is 18.8 Å². The van der Waals surface area contributed by atoms with Crippen LogP contribution < -0.4 is 5.32 Å². The number of methoxy groups -OCH3 is 1. The first-order valence-electron chi connectivity index (χ1n) is 3.95. The molecule has 0 aromatic carbocycles. The maximum atomic E-state index is 5.13. The van der Waals surface area contributed by atoms with Gasteiger partial charge in [0.05, 0.1) is 11.8 Å². The van der Waals surface area contributed by atoms with Crippen molar-refractivity contribution in [3.63, 3.8) is 0 Å². The molecule has 66 valence electrons. The zero-order valence-electron chi connectivity index (χ0n) is 7.85. The average Bonchev–Trinajstić information content (AvgIpc) is 2.05. The predicted molar refractivity (Wildman–Crippen MR) is 48.4 cm³/mol. The highest BCUT2D eigenvalue weighted by Gasteiger charge is 2.06. The van der Waals surface area contributed by atoms with Crippen LogP contribution in [0.5, 0.6) is 0 Å². The van der Waals surface area contributed by atoms with Crippen molar-refractivity contribution >= 4 is 5.71 Å². The lowest BCUT2D eigenvalue weighted by atomic mass is 10.2. The summed E-state index contributed by atoms with van der Waals surface area (Å²) in [5, 5.41) is 3.20. The fraction of sp³-hybridized carbons (Fsp3) is 0.875. The third-order valence-corrected chi connectivity index (χ3v) is 1.67. The Labute approximate surface area is 68.9 Å². The SMILES string of the molecule is CCNCC(=NC)C(C)OC. The molecule has 0 fully saturated rings. The van der Waals surface area contributed by atoms with Gasteiger partial charge in [0.15, 0.2) is 0 Å². The van der Waals surface area contributed by atoms with Crippen molar-refractivity contribution in [1.29, 1.82) is 0 Å². The normalized spacial score (nSPS) is 15.1. The smallest absolute Gasteiger partial charge is 0.0932 e. The molecular weight excluding hydrogens is 140 g/mol. The van der Waals surface area contributed by atoms with Gasteiger partial charge in [0.2, 0.25) is 0 Å². The van der Waals surface area contributed by atoms with Crippen molar-refractivity contribution in [2.75, 3.05) is 27.2 Å².